The predicted molar refractivity (Wildman–Crippen MR) is 184 cm³/mol. The average molecular weight is 810 g/mol. The quantitative estimate of drug-likeness (QED) is 0.0785. The first-order chi connectivity index (χ1) is 22.5. The molecular formula is C32H18Cl8N2O6. The fourth-order valence-electron chi connectivity index (χ4n) is 6.05. The van der Waals surface area contributed by atoms with Crippen LogP contribution >= 0.6 is 92.8 Å². The van der Waals surface area contributed by atoms with Gasteiger partial charge >= 0.3 is 5.97 Å². The Kier molecular flexibility index (Phi) is 9.09. The molecule has 0 unspecified atom stereocenters. The predicted octanol–water partition coefficient (Wildman–Crippen LogP) is 8.21. The molecule has 248 valence electrons. The molecule has 2 fully saturated rings. The number of fused-ring (bicyclic) bond motifs is 5. The number of alkyl halides is 4. The molecule has 3 amide bonds. The summed E-state index contributed by atoms with van der Waals surface area (Å²) in [6, 6.07) is 16.1. The summed E-state index contributed by atoms with van der Waals surface area (Å²) < 4.78 is 3.19. The Morgan fingerprint density at radius 1 is 0.771 bits per heavy atom. The van der Waals surface area contributed by atoms with Crippen LogP contribution in [0.25, 0.3) is 0 Å². The zero-order chi connectivity index (χ0) is 35.1. The Labute approximate surface area is 313 Å². The summed E-state index contributed by atoms with van der Waals surface area (Å²) in [7, 11) is 0. The maximum absolute atomic E-state index is 14.1. The van der Waals surface area contributed by atoms with Crippen molar-refractivity contribution in [3.8, 4) is 5.75 Å². The zero-order valence-electron chi connectivity index (χ0n) is 24.1. The first kappa shape index (κ1) is 35.3. The largest absolute Gasteiger partial charge is 0.423 e. The molecule has 2 bridgehead atoms. The number of amides is 3. The molecule has 1 saturated heterocycles. The molecule has 3 aromatic rings. The first-order valence-electron chi connectivity index (χ1n) is 13.9. The molecule has 16 heteroatoms. The number of Topliss-reactive ketones (excluding diaryl/α,β-unsaturated/α-hetero) is 1. The maximum atomic E-state index is 14.1. The number of hydrogen-bond acceptors (Lipinski definition) is 6. The highest BCUT2D eigenvalue weighted by Crippen LogP contribution is 2.77. The van der Waals surface area contributed by atoms with E-state index in [0.29, 0.717) is 15.6 Å². The van der Waals surface area contributed by atoms with E-state index in [1.165, 1.54) is 42.5 Å². The highest BCUT2D eigenvalue weighted by atomic mass is 35.5. The Morgan fingerprint density at radius 2 is 1.29 bits per heavy atom. The summed E-state index contributed by atoms with van der Waals surface area (Å²) in [6.07, 6.45) is 0. The van der Waals surface area contributed by atoms with Crippen LogP contribution in [-0.2, 0) is 9.59 Å². The van der Waals surface area contributed by atoms with E-state index in [0.717, 1.165) is 5.56 Å². The SMILES string of the molecule is Cc1ccc(C(=O)Oc2ccc(C(=O)CN(C(=O)c3ccc(Cl)cc3Cl)N3C(=O)[C@H]4[C@H](C3=O)[C@@]3(Cl)C(Cl)=C(Cl)[C@@]4(Cl)C3(Cl)Cl)cc2)cc1. The van der Waals surface area contributed by atoms with E-state index in [4.69, 9.17) is 97.5 Å². The van der Waals surface area contributed by atoms with Crippen molar-refractivity contribution in [1.29, 1.82) is 0 Å². The average Bonchev–Trinajstić information content (AvgIpc) is 3.42. The van der Waals surface area contributed by atoms with Crippen LogP contribution in [0.5, 0.6) is 5.75 Å². The van der Waals surface area contributed by atoms with Crippen LogP contribution < -0.4 is 4.74 Å². The van der Waals surface area contributed by atoms with E-state index in [-0.39, 0.29) is 37.0 Å². The normalized spacial score (nSPS) is 25.4. The second kappa shape index (κ2) is 12.4. The zero-order valence-corrected chi connectivity index (χ0v) is 30.1. The van der Waals surface area contributed by atoms with Gasteiger partial charge < -0.3 is 4.74 Å². The lowest BCUT2D eigenvalue weighted by Crippen LogP contribution is -2.56. The lowest BCUT2D eigenvalue weighted by Gasteiger charge is -2.36. The number of aryl methyl sites for hydroxylation is 1. The minimum Gasteiger partial charge on any atom is -0.423 e. The number of nitrogens with zero attached hydrogens (tertiary/aromatic N) is 2. The Hall–Kier alpha value is -2.53. The molecule has 1 heterocycles. The van der Waals surface area contributed by atoms with Gasteiger partial charge in [-0.15, -0.1) is 23.2 Å². The van der Waals surface area contributed by atoms with Gasteiger partial charge in [0.25, 0.3) is 17.7 Å². The summed E-state index contributed by atoms with van der Waals surface area (Å²) in [4.78, 5) is 64.1. The lowest BCUT2D eigenvalue weighted by atomic mass is 9.84. The number of carbonyl (C=O) groups excluding carboxylic acids is 5. The number of halogens is 8. The number of carbonyl (C=O) groups is 5. The van der Waals surface area contributed by atoms with Crippen molar-refractivity contribution < 1.29 is 28.7 Å². The fourth-order valence-corrected chi connectivity index (χ4v) is 9.46. The van der Waals surface area contributed by atoms with E-state index in [1.54, 1.807) is 24.3 Å². The van der Waals surface area contributed by atoms with Gasteiger partial charge in [-0.05, 0) is 61.5 Å². The fraction of sp³-hybridized carbons (Fsp3) is 0.219. The lowest BCUT2D eigenvalue weighted by molar-refractivity contribution is -0.154. The third kappa shape index (κ3) is 5.06. The van der Waals surface area contributed by atoms with Gasteiger partial charge in [0.1, 0.15) is 22.0 Å². The van der Waals surface area contributed by atoms with Crippen LogP contribution in [0.3, 0.4) is 0 Å². The topological polar surface area (TPSA) is 101 Å². The van der Waals surface area contributed by atoms with Gasteiger partial charge in [-0.2, -0.15) is 5.01 Å². The van der Waals surface area contributed by atoms with Gasteiger partial charge in [0.2, 0.25) is 0 Å². The van der Waals surface area contributed by atoms with Crippen LogP contribution in [0.2, 0.25) is 10.0 Å². The first-order valence-corrected chi connectivity index (χ1v) is 16.9. The summed E-state index contributed by atoms with van der Waals surface area (Å²) >= 11 is 52.0. The highest BCUT2D eigenvalue weighted by molar-refractivity contribution is 6.67. The number of hydrogen-bond donors (Lipinski definition) is 0. The number of esters is 1. The summed E-state index contributed by atoms with van der Waals surface area (Å²) in [6.45, 7) is 1.04. The molecule has 3 aromatic carbocycles. The van der Waals surface area contributed by atoms with Gasteiger partial charge in [0.05, 0.1) is 38.0 Å². The van der Waals surface area contributed by atoms with E-state index in [9.17, 15) is 24.0 Å². The van der Waals surface area contributed by atoms with Gasteiger partial charge in [-0.1, -0.05) is 87.3 Å². The number of ketones is 1. The second-order valence-corrected chi connectivity index (χ2v) is 15.4. The van der Waals surface area contributed by atoms with Crippen molar-refractivity contribution in [3.05, 3.63) is 109 Å². The van der Waals surface area contributed by atoms with E-state index in [1.807, 2.05) is 6.92 Å². The van der Waals surface area contributed by atoms with Crippen molar-refractivity contribution in [2.75, 3.05) is 6.54 Å². The number of rotatable bonds is 7. The Balaban J connectivity index is 1.32. The van der Waals surface area contributed by atoms with Crippen molar-refractivity contribution in [2.45, 2.75) is 21.0 Å². The van der Waals surface area contributed by atoms with Gasteiger partial charge in [0, 0.05) is 10.6 Å². The molecule has 8 nitrogen and oxygen atoms in total. The van der Waals surface area contributed by atoms with Crippen LogP contribution in [-0.4, -0.2) is 60.1 Å². The van der Waals surface area contributed by atoms with Crippen LogP contribution in [0.15, 0.2) is 76.8 Å². The van der Waals surface area contributed by atoms with Crippen LogP contribution in [0.1, 0.15) is 36.6 Å². The monoisotopic (exact) mass is 806 g/mol. The van der Waals surface area contributed by atoms with Gasteiger partial charge in [-0.25, -0.2) is 9.80 Å². The molecule has 4 atom stereocenters. The number of ether oxygens (including phenoxy) is 1. The third-order valence-corrected chi connectivity index (χ3v) is 13.3. The molecule has 48 heavy (non-hydrogen) atoms. The minimum atomic E-state index is -2.21. The molecule has 1 aliphatic heterocycles. The number of allylic oxidation sites excluding steroid dienone is 2. The number of benzene rings is 3. The van der Waals surface area contributed by atoms with E-state index < -0.39 is 61.9 Å². The molecule has 0 aromatic heterocycles. The summed E-state index contributed by atoms with van der Waals surface area (Å²) in [5, 5.41) is 0.513. The minimum absolute atomic E-state index is 0.0420. The molecule has 2 aliphatic carbocycles. The Bertz CT molecular complexity index is 1920. The standard InChI is InChI=1S/C32H18Cl8N2O6/c1-14-2-4-16(5-3-14)29(47)48-18-9-6-15(7-10-18)21(43)13-41(26(44)19-11-8-17(33)12-20(19)34)42-27(45)22-23(28(42)46)31(38)25(36)24(35)30(22,37)32(31,39)40/h2-12,22-23H,13H2,1H3/t22-,23-,30-,31-/m1/s1. The van der Waals surface area contributed by atoms with Crippen LogP contribution in [0.4, 0.5) is 0 Å². The van der Waals surface area contributed by atoms with Crippen molar-refractivity contribution in [1.82, 2.24) is 10.0 Å². The summed E-state index contributed by atoms with van der Waals surface area (Å²) in [5.41, 5.74) is 1.14. The molecule has 0 spiro atoms. The molecule has 0 radical (unpaired) electrons. The van der Waals surface area contributed by atoms with Gasteiger partial charge in [-0.3, -0.25) is 19.2 Å². The summed E-state index contributed by atoms with van der Waals surface area (Å²) in [5.74, 6) is -7.45. The van der Waals surface area contributed by atoms with Crippen molar-refractivity contribution in [3.63, 3.8) is 0 Å². The molecule has 1 saturated carbocycles. The molecule has 0 N–H and O–H groups in total. The van der Waals surface area contributed by atoms with Crippen molar-refractivity contribution >= 4 is 122 Å². The maximum Gasteiger partial charge on any atom is 0.343 e. The molecular weight excluding hydrogens is 792 g/mol. The second-order valence-electron chi connectivity index (χ2n) is 11.3. The highest BCUT2D eigenvalue weighted by Gasteiger charge is 2.88. The van der Waals surface area contributed by atoms with E-state index in [2.05, 4.69) is 0 Å². The Morgan fingerprint density at radius 3 is 1.81 bits per heavy atom. The smallest absolute Gasteiger partial charge is 0.343 e. The third-order valence-electron chi connectivity index (χ3n) is 8.49. The van der Waals surface area contributed by atoms with E-state index >= 15 is 0 Å². The molecule has 3 aliphatic rings. The number of hydrazine groups is 1. The van der Waals surface area contributed by atoms with Gasteiger partial charge in [0.15, 0.2) is 10.1 Å². The number of imide groups is 1. The molecule has 6 rings (SSSR count). The van der Waals surface area contributed by atoms with Crippen LogP contribution in [0, 0.1) is 18.8 Å². The van der Waals surface area contributed by atoms with Crippen molar-refractivity contribution in [2.24, 2.45) is 11.8 Å².